The van der Waals surface area contributed by atoms with Crippen molar-refractivity contribution in [3.8, 4) is 5.75 Å². The predicted molar refractivity (Wildman–Crippen MR) is 87.7 cm³/mol. The molecule has 1 N–H and O–H groups in total. The van der Waals surface area contributed by atoms with E-state index in [-0.39, 0.29) is 6.61 Å². The Balaban J connectivity index is 1.64. The number of aliphatic hydroxyl groups excluding tert-OH is 1. The van der Waals surface area contributed by atoms with Gasteiger partial charge in [-0.2, -0.15) is 0 Å². The number of halogens is 2. The molecule has 6 heteroatoms. The first-order chi connectivity index (χ1) is 10.6. The molecule has 0 saturated carbocycles. The van der Waals surface area contributed by atoms with Crippen molar-refractivity contribution in [3.05, 3.63) is 58.8 Å². The first-order valence-electron chi connectivity index (χ1n) is 6.79. The van der Waals surface area contributed by atoms with Gasteiger partial charge in [0.2, 0.25) is 0 Å². The quantitative estimate of drug-likeness (QED) is 0.771. The maximum Gasteiger partial charge on any atom is 0.138 e. The summed E-state index contributed by atoms with van der Waals surface area (Å²) in [4.78, 5) is 4.29. The van der Waals surface area contributed by atoms with Crippen LogP contribution in [0.2, 0.25) is 10.0 Å². The third kappa shape index (κ3) is 3.35. The molecule has 0 unspecified atom stereocenters. The highest BCUT2D eigenvalue weighted by Gasteiger charge is 2.10. The third-order valence-electron chi connectivity index (χ3n) is 3.26. The van der Waals surface area contributed by atoms with E-state index in [4.69, 9.17) is 27.9 Å². The van der Waals surface area contributed by atoms with Gasteiger partial charge in [0.1, 0.15) is 18.5 Å². The number of rotatable bonds is 5. The molecule has 0 aliphatic rings. The maximum atomic E-state index is 10.1. The minimum Gasteiger partial charge on any atom is -0.489 e. The summed E-state index contributed by atoms with van der Waals surface area (Å²) < 4.78 is 7.44. The minimum absolute atomic E-state index is 0.133. The Morgan fingerprint density at radius 1 is 1.18 bits per heavy atom. The molecule has 1 heterocycles. The van der Waals surface area contributed by atoms with Crippen molar-refractivity contribution in [2.24, 2.45) is 0 Å². The molecule has 0 bridgehead atoms. The van der Waals surface area contributed by atoms with E-state index in [0.29, 0.717) is 22.3 Å². The molecule has 0 aliphatic carbocycles. The molecule has 0 spiro atoms. The summed E-state index contributed by atoms with van der Waals surface area (Å²) in [6.07, 6.45) is 1.03. The molecule has 1 aromatic heterocycles. The van der Waals surface area contributed by atoms with Gasteiger partial charge in [0.05, 0.1) is 28.9 Å². The van der Waals surface area contributed by atoms with Gasteiger partial charge in [0, 0.05) is 5.02 Å². The lowest BCUT2D eigenvalue weighted by atomic mass is 10.3. The number of aliphatic hydroxyl groups is 1. The van der Waals surface area contributed by atoms with Crippen LogP contribution in [0.5, 0.6) is 5.75 Å². The van der Waals surface area contributed by atoms with Crippen LogP contribution in [-0.2, 0) is 6.54 Å². The van der Waals surface area contributed by atoms with Gasteiger partial charge in [-0.3, -0.25) is 0 Å². The van der Waals surface area contributed by atoms with Crippen molar-refractivity contribution in [1.82, 2.24) is 9.55 Å². The Labute approximate surface area is 137 Å². The maximum absolute atomic E-state index is 10.1. The number of imidazole rings is 1. The van der Waals surface area contributed by atoms with Crippen LogP contribution in [0.25, 0.3) is 11.0 Å². The van der Waals surface area contributed by atoms with Gasteiger partial charge in [-0.25, -0.2) is 4.98 Å². The highest BCUT2D eigenvalue weighted by atomic mass is 35.5. The number of ether oxygens (including phenoxy) is 1. The van der Waals surface area contributed by atoms with Gasteiger partial charge in [0.25, 0.3) is 0 Å². The highest BCUT2D eigenvalue weighted by molar-refractivity contribution is 6.35. The molecule has 0 radical (unpaired) electrons. The second-order valence-corrected chi connectivity index (χ2v) is 5.77. The zero-order valence-corrected chi connectivity index (χ0v) is 13.1. The third-order valence-corrected chi connectivity index (χ3v) is 3.79. The van der Waals surface area contributed by atoms with E-state index in [0.717, 1.165) is 11.0 Å². The summed E-state index contributed by atoms with van der Waals surface area (Å²) in [5.74, 6) is 0.501. The second-order valence-electron chi connectivity index (χ2n) is 4.93. The van der Waals surface area contributed by atoms with E-state index in [1.54, 1.807) is 24.5 Å². The monoisotopic (exact) mass is 336 g/mol. The van der Waals surface area contributed by atoms with Crippen LogP contribution in [0.4, 0.5) is 0 Å². The van der Waals surface area contributed by atoms with Crippen LogP contribution in [0.1, 0.15) is 0 Å². The first kappa shape index (κ1) is 15.2. The van der Waals surface area contributed by atoms with Crippen LogP contribution < -0.4 is 4.74 Å². The Bertz CT molecular complexity index is 789. The zero-order valence-electron chi connectivity index (χ0n) is 11.6. The van der Waals surface area contributed by atoms with Gasteiger partial charge in [0.15, 0.2) is 0 Å². The van der Waals surface area contributed by atoms with Crippen LogP contribution in [0, 0.1) is 0 Å². The molecule has 1 atom stereocenters. The topological polar surface area (TPSA) is 47.3 Å². The van der Waals surface area contributed by atoms with Crippen LogP contribution in [0.3, 0.4) is 0 Å². The highest BCUT2D eigenvalue weighted by Crippen LogP contribution is 2.27. The van der Waals surface area contributed by atoms with E-state index < -0.39 is 6.10 Å². The van der Waals surface area contributed by atoms with E-state index in [9.17, 15) is 5.11 Å². The van der Waals surface area contributed by atoms with E-state index in [1.807, 2.05) is 28.8 Å². The number of para-hydroxylation sites is 2. The largest absolute Gasteiger partial charge is 0.489 e. The molecular formula is C16H14Cl2N2O2. The number of benzene rings is 2. The summed E-state index contributed by atoms with van der Waals surface area (Å²) in [5.41, 5.74) is 1.88. The number of fused-ring (bicyclic) bond motifs is 1. The van der Waals surface area contributed by atoms with Crippen LogP contribution in [0.15, 0.2) is 48.8 Å². The predicted octanol–water partition coefficient (Wildman–Crippen LogP) is 3.78. The Hall–Kier alpha value is -1.75. The fourth-order valence-corrected chi connectivity index (χ4v) is 2.68. The lowest BCUT2D eigenvalue weighted by Gasteiger charge is -2.14. The SMILES string of the molecule is O[C@H](COc1ccc(Cl)cc1Cl)Cn1cnc2ccccc21. The van der Waals surface area contributed by atoms with E-state index in [1.165, 1.54) is 0 Å². The molecule has 0 amide bonds. The van der Waals surface area contributed by atoms with Crippen LogP contribution in [-0.4, -0.2) is 27.4 Å². The molecule has 3 rings (SSSR count). The lowest BCUT2D eigenvalue weighted by molar-refractivity contribution is 0.0935. The standard InChI is InChI=1S/C16H14Cl2N2O2/c17-11-5-6-16(13(18)7-11)22-9-12(21)8-20-10-19-14-3-1-2-4-15(14)20/h1-7,10,12,21H,8-9H2/t12-/m0/s1. The second kappa shape index (κ2) is 6.57. The Morgan fingerprint density at radius 2 is 2.00 bits per heavy atom. The van der Waals surface area contributed by atoms with Crippen molar-refractivity contribution in [2.45, 2.75) is 12.6 Å². The fraction of sp³-hybridized carbons (Fsp3) is 0.188. The lowest BCUT2D eigenvalue weighted by Crippen LogP contribution is -2.23. The first-order valence-corrected chi connectivity index (χ1v) is 7.55. The van der Waals surface area contributed by atoms with Gasteiger partial charge >= 0.3 is 0 Å². The molecule has 2 aromatic carbocycles. The summed E-state index contributed by atoms with van der Waals surface area (Å²) in [6.45, 7) is 0.527. The van der Waals surface area contributed by atoms with Gasteiger partial charge < -0.3 is 14.4 Å². The van der Waals surface area contributed by atoms with Crippen molar-refractivity contribution in [2.75, 3.05) is 6.61 Å². The van der Waals surface area contributed by atoms with Gasteiger partial charge in [-0.15, -0.1) is 0 Å². The van der Waals surface area contributed by atoms with Crippen molar-refractivity contribution < 1.29 is 9.84 Å². The van der Waals surface area contributed by atoms with Gasteiger partial charge in [-0.1, -0.05) is 35.3 Å². The molecule has 22 heavy (non-hydrogen) atoms. The van der Waals surface area contributed by atoms with Crippen molar-refractivity contribution in [1.29, 1.82) is 0 Å². The van der Waals surface area contributed by atoms with E-state index >= 15 is 0 Å². The smallest absolute Gasteiger partial charge is 0.138 e. The summed E-state index contributed by atoms with van der Waals surface area (Å²) in [6, 6.07) is 12.8. The fourth-order valence-electron chi connectivity index (χ4n) is 2.21. The van der Waals surface area contributed by atoms with Gasteiger partial charge in [-0.05, 0) is 30.3 Å². The molecule has 3 aromatic rings. The number of hydrogen-bond donors (Lipinski definition) is 1. The average Bonchev–Trinajstić information content (AvgIpc) is 2.90. The number of nitrogens with zero attached hydrogens (tertiary/aromatic N) is 2. The molecule has 0 fully saturated rings. The molecule has 114 valence electrons. The molecular weight excluding hydrogens is 323 g/mol. The summed E-state index contributed by atoms with van der Waals surface area (Å²) in [7, 11) is 0. The van der Waals surface area contributed by atoms with E-state index in [2.05, 4.69) is 4.98 Å². The number of aromatic nitrogens is 2. The summed E-state index contributed by atoms with van der Waals surface area (Å²) >= 11 is 11.9. The van der Waals surface area contributed by atoms with Crippen LogP contribution >= 0.6 is 23.2 Å². The Morgan fingerprint density at radius 3 is 2.82 bits per heavy atom. The average molecular weight is 337 g/mol. The molecule has 0 saturated heterocycles. The summed E-state index contributed by atoms with van der Waals surface area (Å²) in [5, 5.41) is 11.1. The Kier molecular flexibility index (Phi) is 4.52. The van der Waals surface area contributed by atoms with Crippen molar-refractivity contribution >= 4 is 34.2 Å². The number of hydrogen-bond acceptors (Lipinski definition) is 3. The zero-order chi connectivity index (χ0) is 15.5. The minimum atomic E-state index is -0.677. The normalized spacial score (nSPS) is 12.5. The van der Waals surface area contributed by atoms with Crippen molar-refractivity contribution in [3.63, 3.8) is 0 Å². The molecule has 0 aliphatic heterocycles. The molecule has 4 nitrogen and oxygen atoms in total.